The van der Waals surface area contributed by atoms with E-state index in [1.807, 2.05) is 22.8 Å². The van der Waals surface area contributed by atoms with Crippen LogP contribution in [0.5, 0.6) is 0 Å². The summed E-state index contributed by atoms with van der Waals surface area (Å²) in [6.07, 6.45) is 1.88. The van der Waals surface area contributed by atoms with E-state index >= 15 is 0 Å². The summed E-state index contributed by atoms with van der Waals surface area (Å²) in [6.45, 7) is 5.90. The van der Waals surface area contributed by atoms with Crippen molar-refractivity contribution in [2.24, 2.45) is 0 Å². The fraction of sp³-hybridized carbons (Fsp3) is 0.333. The van der Waals surface area contributed by atoms with E-state index in [0.717, 1.165) is 37.4 Å². The second-order valence-electron chi connectivity index (χ2n) is 7.00. The van der Waals surface area contributed by atoms with Crippen LogP contribution in [-0.4, -0.2) is 65.0 Å². The largest absolute Gasteiger partial charge is 0.478 e. The van der Waals surface area contributed by atoms with E-state index in [1.54, 1.807) is 25.6 Å². The maximum absolute atomic E-state index is 11.2. The molecule has 1 fully saturated rings. The minimum Gasteiger partial charge on any atom is -0.478 e. The Labute approximate surface area is 163 Å². The van der Waals surface area contributed by atoms with Crippen molar-refractivity contribution in [3.8, 4) is 5.69 Å². The van der Waals surface area contributed by atoms with Gasteiger partial charge in [-0.3, -0.25) is 9.47 Å². The second-order valence-corrected chi connectivity index (χ2v) is 7.00. The van der Waals surface area contributed by atoms with Gasteiger partial charge in [-0.2, -0.15) is 0 Å². The van der Waals surface area contributed by atoms with Crippen LogP contribution in [-0.2, 0) is 4.74 Å². The highest BCUT2D eigenvalue weighted by Gasteiger charge is 2.21. The Morgan fingerprint density at radius 2 is 1.86 bits per heavy atom. The summed E-state index contributed by atoms with van der Waals surface area (Å²) < 4.78 is 7.42. The van der Waals surface area contributed by atoms with Crippen molar-refractivity contribution in [1.29, 1.82) is 0 Å². The summed E-state index contributed by atoms with van der Waals surface area (Å²) in [6, 6.07) is 13.4. The molecule has 0 aliphatic carbocycles. The van der Waals surface area contributed by atoms with Gasteiger partial charge in [-0.15, -0.1) is 0 Å². The molecule has 4 rings (SSSR count). The topological polar surface area (TPSA) is 70.8 Å². The Morgan fingerprint density at radius 1 is 1.11 bits per heavy atom. The van der Waals surface area contributed by atoms with Gasteiger partial charge in [0.25, 0.3) is 0 Å². The van der Waals surface area contributed by atoms with E-state index in [0.29, 0.717) is 5.52 Å². The van der Waals surface area contributed by atoms with Crippen LogP contribution < -0.4 is 4.90 Å². The zero-order chi connectivity index (χ0) is 19.7. The summed E-state index contributed by atoms with van der Waals surface area (Å²) in [4.78, 5) is 20.3. The summed E-state index contributed by atoms with van der Waals surface area (Å²) in [7, 11) is 1.75. The number of anilines is 1. The number of nitrogens with zero attached hydrogens (tertiary/aromatic N) is 4. The van der Waals surface area contributed by atoms with Crippen LogP contribution in [0.1, 0.15) is 17.3 Å². The zero-order valence-corrected chi connectivity index (χ0v) is 16.1. The molecule has 1 atom stereocenters. The number of ether oxygens (including phenoxy) is 1. The third kappa shape index (κ3) is 3.46. The molecule has 3 aromatic rings. The molecule has 146 valence electrons. The number of methoxy groups -OCH3 is 1. The van der Waals surface area contributed by atoms with Crippen molar-refractivity contribution in [3.05, 3.63) is 54.4 Å². The highest BCUT2D eigenvalue weighted by Crippen LogP contribution is 2.24. The van der Waals surface area contributed by atoms with Crippen LogP contribution in [0.15, 0.2) is 48.8 Å². The van der Waals surface area contributed by atoms with Gasteiger partial charge < -0.3 is 14.7 Å². The van der Waals surface area contributed by atoms with Crippen LogP contribution in [0.25, 0.3) is 16.7 Å². The molecule has 1 aromatic heterocycles. The van der Waals surface area contributed by atoms with Gasteiger partial charge in [0.2, 0.25) is 0 Å². The molecule has 1 aliphatic rings. The highest BCUT2D eigenvalue weighted by atomic mass is 16.5. The first-order valence-electron chi connectivity index (χ1n) is 9.39. The van der Waals surface area contributed by atoms with Gasteiger partial charge in [-0.05, 0) is 43.3 Å². The minimum atomic E-state index is -0.944. The zero-order valence-electron chi connectivity index (χ0n) is 16.1. The molecule has 1 aliphatic heterocycles. The summed E-state index contributed by atoms with van der Waals surface area (Å²) >= 11 is 0. The molecule has 1 unspecified atom stereocenters. The van der Waals surface area contributed by atoms with Crippen LogP contribution in [0.2, 0.25) is 0 Å². The number of hydrogen-bond donors (Lipinski definition) is 1. The molecular formula is C21H24N4O3. The molecule has 7 heteroatoms. The lowest BCUT2D eigenvalue weighted by atomic mass is 10.2. The van der Waals surface area contributed by atoms with Gasteiger partial charge in [-0.1, -0.05) is 6.07 Å². The number of rotatable bonds is 5. The predicted molar refractivity (Wildman–Crippen MR) is 108 cm³/mol. The maximum Gasteiger partial charge on any atom is 0.335 e. The smallest absolute Gasteiger partial charge is 0.335 e. The van der Waals surface area contributed by atoms with Crippen molar-refractivity contribution in [3.63, 3.8) is 0 Å². The lowest BCUT2D eigenvalue weighted by molar-refractivity contribution is -0.0212. The van der Waals surface area contributed by atoms with Crippen molar-refractivity contribution < 1.29 is 14.6 Å². The van der Waals surface area contributed by atoms with E-state index in [1.165, 1.54) is 5.69 Å². The van der Waals surface area contributed by atoms with Crippen molar-refractivity contribution in [2.45, 2.75) is 13.2 Å². The molecule has 7 nitrogen and oxygen atoms in total. The molecule has 1 N–H and O–H groups in total. The second kappa shape index (κ2) is 7.61. The van der Waals surface area contributed by atoms with Gasteiger partial charge in [0.1, 0.15) is 12.6 Å². The fourth-order valence-electron chi connectivity index (χ4n) is 3.68. The lowest BCUT2D eigenvalue weighted by Crippen LogP contribution is -2.50. The highest BCUT2D eigenvalue weighted by molar-refractivity contribution is 5.92. The molecule has 0 amide bonds. The monoisotopic (exact) mass is 380 g/mol. The number of fused-ring (bicyclic) bond motifs is 1. The normalized spacial score (nSPS) is 16.4. The molecule has 28 heavy (non-hydrogen) atoms. The fourth-order valence-corrected chi connectivity index (χ4v) is 3.68. The van der Waals surface area contributed by atoms with Gasteiger partial charge >= 0.3 is 5.97 Å². The van der Waals surface area contributed by atoms with E-state index in [9.17, 15) is 4.79 Å². The summed E-state index contributed by atoms with van der Waals surface area (Å²) in [5, 5.41) is 9.17. The molecule has 1 saturated heterocycles. The molecule has 0 saturated carbocycles. The van der Waals surface area contributed by atoms with E-state index < -0.39 is 5.97 Å². The van der Waals surface area contributed by atoms with Crippen LogP contribution in [0, 0.1) is 0 Å². The molecule has 2 heterocycles. The Hall–Kier alpha value is -2.90. The van der Waals surface area contributed by atoms with Gasteiger partial charge in [0, 0.05) is 44.7 Å². The van der Waals surface area contributed by atoms with Crippen LogP contribution >= 0.6 is 0 Å². The van der Waals surface area contributed by atoms with Crippen molar-refractivity contribution in [2.75, 3.05) is 38.2 Å². The van der Waals surface area contributed by atoms with E-state index in [2.05, 4.69) is 33.8 Å². The number of imidazole rings is 1. The van der Waals surface area contributed by atoms with E-state index in [-0.39, 0.29) is 11.8 Å². The Morgan fingerprint density at radius 3 is 2.57 bits per heavy atom. The number of benzene rings is 2. The predicted octanol–water partition coefficient (Wildman–Crippen LogP) is 2.84. The standard InChI is InChI=1S/C21H24N4O3/c1-15(28-2)23-8-10-24(11-9-23)17-4-3-5-18(13-17)25-14-22-19-12-16(21(26)27)6-7-20(19)25/h3-7,12-15H,8-11H2,1-2H3,(H,26,27). The van der Waals surface area contributed by atoms with Crippen molar-refractivity contribution in [1.82, 2.24) is 14.5 Å². The number of piperazine rings is 1. The third-order valence-electron chi connectivity index (χ3n) is 5.44. The number of carboxylic acids is 1. The maximum atomic E-state index is 11.2. The molecule has 0 bridgehead atoms. The Kier molecular flexibility index (Phi) is 5.02. The number of carboxylic acid groups (broad SMARTS) is 1. The van der Waals surface area contributed by atoms with Gasteiger partial charge in [0.15, 0.2) is 0 Å². The average Bonchev–Trinajstić information content (AvgIpc) is 3.16. The SMILES string of the molecule is COC(C)N1CCN(c2cccc(-n3cnc4cc(C(=O)O)ccc43)c2)CC1. The number of hydrogen-bond acceptors (Lipinski definition) is 5. The quantitative estimate of drug-likeness (QED) is 0.734. The number of aromatic carboxylic acids is 1. The number of carbonyl (C=O) groups is 1. The van der Waals surface area contributed by atoms with Gasteiger partial charge in [-0.25, -0.2) is 9.78 Å². The first-order valence-corrected chi connectivity index (χ1v) is 9.39. The van der Waals surface area contributed by atoms with Crippen LogP contribution in [0.3, 0.4) is 0 Å². The van der Waals surface area contributed by atoms with Crippen molar-refractivity contribution >= 4 is 22.7 Å². The Bertz CT molecular complexity index is 992. The first kappa shape index (κ1) is 18.5. The molecule has 2 aromatic carbocycles. The average molecular weight is 380 g/mol. The lowest BCUT2D eigenvalue weighted by Gasteiger charge is -2.38. The molecule has 0 radical (unpaired) electrons. The Balaban J connectivity index is 1.58. The van der Waals surface area contributed by atoms with Crippen LogP contribution in [0.4, 0.5) is 5.69 Å². The summed E-state index contributed by atoms with van der Waals surface area (Å²) in [5.74, 6) is -0.944. The molecular weight excluding hydrogens is 356 g/mol. The minimum absolute atomic E-state index is 0.140. The van der Waals surface area contributed by atoms with E-state index in [4.69, 9.17) is 9.84 Å². The number of aromatic nitrogens is 2. The molecule has 0 spiro atoms. The first-order chi connectivity index (χ1) is 13.6. The third-order valence-corrected chi connectivity index (χ3v) is 5.44. The summed E-state index contributed by atoms with van der Waals surface area (Å²) in [5.41, 5.74) is 3.99. The van der Waals surface area contributed by atoms with Gasteiger partial charge in [0.05, 0.1) is 16.6 Å².